The number of ether oxygens (including phenoxy) is 1. The van der Waals surface area contributed by atoms with Crippen molar-refractivity contribution in [2.24, 2.45) is 0 Å². The fraction of sp³-hybridized carbons (Fsp3) is 0.300. The first kappa shape index (κ1) is 10.8. The van der Waals surface area contributed by atoms with Gasteiger partial charge in [0.25, 0.3) is 0 Å². The Labute approximate surface area is 87.5 Å². The third-order valence-corrected chi connectivity index (χ3v) is 2.18. The molecule has 0 bridgehead atoms. The summed E-state index contributed by atoms with van der Waals surface area (Å²) in [6.45, 7) is 0. The van der Waals surface area contributed by atoms with Gasteiger partial charge in [-0.25, -0.2) is 0 Å². The number of hydrogen-bond donors (Lipinski definition) is 1. The number of aliphatic hydroxyl groups excluding tert-OH is 1. The van der Waals surface area contributed by atoms with E-state index in [4.69, 9.17) is 21.6 Å². The van der Waals surface area contributed by atoms with Crippen LogP contribution in [-0.2, 0) is 0 Å². The van der Waals surface area contributed by atoms with Gasteiger partial charge in [-0.2, -0.15) is 5.26 Å². The van der Waals surface area contributed by atoms with E-state index in [1.807, 2.05) is 6.07 Å². The van der Waals surface area contributed by atoms with E-state index in [0.29, 0.717) is 16.3 Å². The second kappa shape index (κ2) is 4.85. The molecule has 74 valence electrons. The van der Waals surface area contributed by atoms with E-state index >= 15 is 0 Å². The molecule has 0 aromatic heterocycles. The first-order valence-corrected chi connectivity index (χ1v) is 4.46. The van der Waals surface area contributed by atoms with Gasteiger partial charge < -0.3 is 9.84 Å². The van der Waals surface area contributed by atoms with E-state index < -0.39 is 6.10 Å². The number of methoxy groups -OCH3 is 1. The molecule has 0 aliphatic heterocycles. The van der Waals surface area contributed by atoms with Crippen LogP contribution in [0.25, 0.3) is 0 Å². The first-order chi connectivity index (χ1) is 6.70. The van der Waals surface area contributed by atoms with Crippen LogP contribution in [0.3, 0.4) is 0 Å². The fourth-order valence-electron chi connectivity index (χ4n) is 1.21. The van der Waals surface area contributed by atoms with Crippen molar-refractivity contribution in [2.45, 2.75) is 12.5 Å². The van der Waals surface area contributed by atoms with Gasteiger partial charge in [0.15, 0.2) is 0 Å². The van der Waals surface area contributed by atoms with Gasteiger partial charge in [0, 0.05) is 5.56 Å². The van der Waals surface area contributed by atoms with Crippen LogP contribution < -0.4 is 4.74 Å². The summed E-state index contributed by atoms with van der Waals surface area (Å²) in [4.78, 5) is 0. The van der Waals surface area contributed by atoms with E-state index in [-0.39, 0.29) is 6.42 Å². The van der Waals surface area contributed by atoms with Gasteiger partial charge in [-0.15, -0.1) is 0 Å². The number of rotatable bonds is 3. The highest BCUT2D eigenvalue weighted by Crippen LogP contribution is 2.33. The average molecular weight is 212 g/mol. The molecule has 0 aliphatic carbocycles. The van der Waals surface area contributed by atoms with Crippen LogP contribution in [0.15, 0.2) is 18.2 Å². The molecule has 1 N–H and O–H groups in total. The predicted molar refractivity (Wildman–Crippen MR) is 53.2 cm³/mol. The Morgan fingerprint density at radius 1 is 1.64 bits per heavy atom. The van der Waals surface area contributed by atoms with Gasteiger partial charge in [-0.05, 0) is 12.1 Å². The monoisotopic (exact) mass is 211 g/mol. The fourth-order valence-corrected chi connectivity index (χ4v) is 1.50. The minimum absolute atomic E-state index is 0.0000926. The highest BCUT2D eigenvalue weighted by molar-refractivity contribution is 6.31. The standard InChI is InChI=1S/C10H10ClNO2/c1-14-9-4-2-3-7(11)10(9)8(13)5-6-12/h2-4,8,13H,5H2,1H3. The van der Waals surface area contributed by atoms with Gasteiger partial charge >= 0.3 is 0 Å². The quantitative estimate of drug-likeness (QED) is 0.835. The Hall–Kier alpha value is -1.24. The van der Waals surface area contributed by atoms with Crippen molar-refractivity contribution < 1.29 is 9.84 Å². The lowest BCUT2D eigenvalue weighted by atomic mass is 10.1. The number of benzene rings is 1. The molecule has 1 aromatic rings. The number of hydrogen-bond acceptors (Lipinski definition) is 3. The molecule has 3 nitrogen and oxygen atoms in total. The lowest BCUT2D eigenvalue weighted by Gasteiger charge is -2.13. The molecule has 1 unspecified atom stereocenters. The van der Waals surface area contributed by atoms with Crippen molar-refractivity contribution in [1.82, 2.24) is 0 Å². The molecule has 1 atom stereocenters. The third kappa shape index (κ3) is 2.16. The zero-order valence-electron chi connectivity index (χ0n) is 7.70. The zero-order chi connectivity index (χ0) is 10.6. The summed E-state index contributed by atoms with van der Waals surface area (Å²) in [6, 6.07) is 6.96. The van der Waals surface area contributed by atoms with Crippen molar-refractivity contribution in [3.63, 3.8) is 0 Å². The summed E-state index contributed by atoms with van der Waals surface area (Å²) in [7, 11) is 1.49. The molecule has 0 saturated carbocycles. The summed E-state index contributed by atoms with van der Waals surface area (Å²) >= 11 is 5.89. The molecule has 1 aromatic carbocycles. The SMILES string of the molecule is COc1cccc(Cl)c1C(O)CC#N. The van der Waals surface area contributed by atoms with Crippen molar-refractivity contribution >= 4 is 11.6 Å². The van der Waals surface area contributed by atoms with E-state index in [2.05, 4.69) is 0 Å². The number of nitrogens with zero attached hydrogens (tertiary/aromatic N) is 1. The normalized spacial score (nSPS) is 11.9. The van der Waals surface area contributed by atoms with Crippen molar-refractivity contribution in [2.75, 3.05) is 7.11 Å². The maximum absolute atomic E-state index is 9.63. The van der Waals surface area contributed by atoms with Crippen LogP contribution in [0, 0.1) is 11.3 Å². The van der Waals surface area contributed by atoms with Crippen molar-refractivity contribution in [1.29, 1.82) is 5.26 Å². The van der Waals surface area contributed by atoms with Crippen LogP contribution in [0.5, 0.6) is 5.75 Å². The molecule has 0 spiro atoms. The minimum Gasteiger partial charge on any atom is -0.496 e. The lowest BCUT2D eigenvalue weighted by Crippen LogP contribution is -2.00. The smallest absolute Gasteiger partial charge is 0.126 e. The van der Waals surface area contributed by atoms with E-state index in [1.54, 1.807) is 18.2 Å². The Balaban J connectivity index is 3.11. The summed E-state index contributed by atoms with van der Waals surface area (Å²) in [5.74, 6) is 0.500. The van der Waals surface area contributed by atoms with E-state index in [0.717, 1.165) is 0 Å². The van der Waals surface area contributed by atoms with Gasteiger partial charge in [0.05, 0.1) is 30.7 Å². The molecule has 0 fully saturated rings. The van der Waals surface area contributed by atoms with E-state index in [9.17, 15) is 5.11 Å². The Morgan fingerprint density at radius 3 is 2.93 bits per heavy atom. The maximum Gasteiger partial charge on any atom is 0.126 e. The van der Waals surface area contributed by atoms with Crippen LogP contribution in [0.2, 0.25) is 5.02 Å². The van der Waals surface area contributed by atoms with E-state index in [1.165, 1.54) is 7.11 Å². The highest BCUT2D eigenvalue weighted by atomic mass is 35.5. The second-order valence-corrected chi connectivity index (χ2v) is 3.14. The van der Waals surface area contributed by atoms with Crippen LogP contribution in [0.4, 0.5) is 0 Å². The lowest BCUT2D eigenvalue weighted by molar-refractivity contribution is 0.179. The molecule has 0 saturated heterocycles. The van der Waals surface area contributed by atoms with Crippen LogP contribution in [0.1, 0.15) is 18.1 Å². The summed E-state index contributed by atoms with van der Waals surface area (Å²) in [5.41, 5.74) is 0.471. The molecule has 14 heavy (non-hydrogen) atoms. The second-order valence-electron chi connectivity index (χ2n) is 2.73. The zero-order valence-corrected chi connectivity index (χ0v) is 8.45. The summed E-state index contributed by atoms with van der Waals surface area (Å²) in [6.07, 6.45) is -0.899. The van der Waals surface area contributed by atoms with Gasteiger partial charge in [0.1, 0.15) is 5.75 Å². The molecule has 0 heterocycles. The number of aliphatic hydroxyl groups is 1. The molecule has 0 amide bonds. The Morgan fingerprint density at radius 2 is 2.36 bits per heavy atom. The minimum atomic E-state index is -0.899. The average Bonchev–Trinajstić information content (AvgIpc) is 2.17. The molecule has 1 rings (SSSR count). The largest absolute Gasteiger partial charge is 0.496 e. The Kier molecular flexibility index (Phi) is 3.75. The van der Waals surface area contributed by atoms with Crippen LogP contribution in [-0.4, -0.2) is 12.2 Å². The number of nitriles is 1. The van der Waals surface area contributed by atoms with Crippen LogP contribution >= 0.6 is 11.6 Å². The highest BCUT2D eigenvalue weighted by Gasteiger charge is 2.16. The number of halogens is 1. The first-order valence-electron chi connectivity index (χ1n) is 4.08. The predicted octanol–water partition coefficient (Wildman–Crippen LogP) is 2.30. The van der Waals surface area contributed by atoms with Gasteiger partial charge in [0.2, 0.25) is 0 Å². The molecule has 0 radical (unpaired) electrons. The van der Waals surface area contributed by atoms with Gasteiger partial charge in [-0.1, -0.05) is 17.7 Å². The molecule has 0 aliphatic rings. The summed E-state index contributed by atoms with van der Waals surface area (Å²) < 4.78 is 5.04. The maximum atomic E-state index is 9.63. The van der Waals surface area contributed by atoms with Crippen molar-refractivity contribution in [3.05, 3.63) is 28.8 Å². The molecular weight excluding hydrogens is 202 g/mol. The Bertz CT molecular complexity index is 360. The summed E-state index contributed by atoms with van der Waals surface area (Å²) in [5, 5.41) is 18.5. The molecular formula is C10H10ClNO2. The van der Waals surface area contributed by atoms with Crippen molar-refractivity contribution in [3.8, 4) is 11.8 Å². The van der Waals surface area contributed by atoms with Gasteiger partial charge in [-0.3, -0.25) is 0 Å². The molecule has 4 heteroatoms. The third-order valence-electron chi connectivity index (χ3n) is 1.85. The topological polar surface area (TPSA) is 53.2 Å².